The zero-order chi connectivity index (χ0) is 16.8. The molecule has 1 aromatic rings. The van der Waals surface area contributed by atoms with Crippen molar-refractivity contribution in [3.05, 3.63) is 32.5 Å². The number of rotatable bonds is 4. The third-order valence-electron chi connectivity index (χ3n) is 5.10. The summed E-state index contributed by atoms with van der Waals surface area (Å²) < 4.78 is 20.0. The van der Waals surface area contributed by atoms with Gasteiger partial charge in [0.1, 0.15) is 0 Å². The molecule has 124 valence electrons. The van der Waals surface area contributed by atoms with Gasteiger partial charge < -0.3 is 4.74 Å². The Morgan fingerprint density at radius 2 is 2.22 bits per heavy atom. The van der Waals surface area contributed by atoms with Crippen molar-refractivity contribution in [2.24, 2.45) is 5.41 Å². The predicted octanol–water partition coefficient (Wildman–Crippen LogP) is 5.69. The summed E-state index contributed by atoms with van der Waals surface area (Å²) in [5.41, 5.74) is 2.50. The molecule has 0 bridgehead atoms. The Bertz CT molecular complexity index is 713. The van der Waals surface area contributed by atoms with E-state index in [0.29, 0.717) is 15.9 Å². The molecule has 0 spiro atoms. The van der Waals surface area contributed by atoms with Crippen LogP contribution in [-0.4, -0.2) is 12.9 Å². The standard InChI is InChI=1S/C18H19BrClFO2/c1-3-4-6-18-7-5-13(22)15(19)14(18)10-8-12(21)17(23-2)16(20)11(10)9-18/h8H,3-7,9H2,1-2H3. The summed E-state index contributed by atoms with van der Waals surface area (Å²) >= 11 is 9.89. The minimum Gasteiger partial charge on any atom is -0.492 e. The SMILES string of the molecule is CCCCC12CCC(=O)C(Br)=C1c1cc(F)c(OC)c(Cl)c1C2. The molecule has 3 rings (SSSR count). The van der Waals surface area contributed by atoms with E-state index >= 15 is 0 Å². The van der Waals surface area contributed by atoms with Gasteiger partial charge in [0.05, 0.1) is 16.6 Å². The molecule has 0 aromatic heterocycles. The molecule has 0 N–H and O–H groups in total. The Balaban J connectivity index is 2.23. The zero-order valence-corrected chi connectivity index (χ0v) is 15.6. The van der Waals surface area contributed by atoms with Crippen molar-refractivity contribution in [1.82, 2.24) is 0 Å². The maximum absolute atomic E-state index is 14.3. The van der Waals surface area contributed by atoms with Gasteiger partial charge in [-0.3, -0.25) is 4.79 Å². The highest BCUT2D eigenvalue weighted by atomic mass is 79.9. The summed E-state index contributed by atoms with van der Waals surface area (Å²) in [6.07, 6.45) is 5.21. The Morgan fingerprint density at radius 1 is 1.48 bits per heavy atom. The number of ketones is 1. The fourth-order valence-electron chi connectivity index (χ4n) is 3.95. The first-order chi connectivity index (χ1) is 10.9. The first-order valence-corrected chi connectivity index (χ1v) is 9.11. The second kappa shape index (κ2) is 6.21. The summed E-state index contributed by atoms with van der Waals surface area (Å²) in [6, 6.07) is 1.48. The number of methoxy groups -OCH3 is 1. The number of hydrogen-bond acceptors (Lipinski definition) is 2. The van der Waals surface area contributed by atoms with Crippen LogP contribution in [0.3, 0.4) is 0 Å². The average Bonchev–Trinajstić information content (AvgIpc) is 2.85. The lowest BCUT2D eigenvalue weighted by Crippen LogP contribution is -2.27. The number of allylic oxidation sites excluding steroid dienone is 2. The van der Waals surface area contributed by atoms with Gasteiger partial charge >= 0.3 is 0 Å². The van der Waals surface area contributed by atoms with E-state index in [1.165, 1.54) is 13.2 Å². The summed E-state index contributed by atoms with van der Waals surface area (Å²) in [6.45, 7) is 2.15. The van der Waals surface area contributed by atoms with Gasteiger partial charge in [-0.05, 0) is 58.0 Å². The van der Waals surface area contributed by atoms with Crippen molar-refractivity contribution >= 4 is 38.9 Å². The first kappa shape index (κ1) is 17.0. The Hall–Kier alpha value is -0.870. The van der Waals surface area contributed by atoms with Crippen molar-refractivity contribution in [3.63, 3.8) is 0 Å². The van der Waals surface area contributed by atoms with Gasteiger partial charge in [-0.2, -0.15) is 0 Å². The molecule has 0 saturated heterocycles. The smallest absolute Gasteiger partial charge is 0.173 e. The summed E-state index contributed by atoms with van der Waals surface area (Å²) in [7, 11) is 1.42. The van der Waals surface area contributed by atoms with Crippen LogP contribution in [0, 0.1) is 11.2 Å². The van der Waals surface area contributed by atoms with Gasteiger partial charge in [0.25, 0.3) is 0 Å². The maximum Gasteiger partial charge on any atom is 0.173 e. The van der Waals surface area contributed by atoms with Crippen LogP contribution in [0.1, 0.15) is 50.2 Å². The van der Waals surface area contributed by atoms with Crippen LogP contribution < -0.4 is 4.74 Å². The molecule has 2 nitrogen and oxygen atoms in total. The minimum atomic E-state index is -0.478. The molecule has 0 heterocycles. The van der Waals surface area contributed by atoms with Crippen LogP contribution in [0.5, 0.6) is 5.75 Å². The van der Waals surface area contributed by atoms with E-state index < -0.39 is 5.82 Å². The number of carbonyl (C=O) groups is 1. The molecule has 2 aliphatic carbocycles. The first-order valence-electron chi connectivity index (χ1n) is 7.94. The second-order valence-corrected chi connectivity index (χ2v) is 7.58. The van der Waals surface area contributed by atoms with E-state index in [0.717, 1.165) is 48.8 Å². The van der Waals surface area contributed by atoms with Crippen molar-refractivity contribution in [2.45, 2.75) is 45.4 Å². The molecule has 0 radical (unpaired) electrons. The number of benzene rings is 1. The molecule has 0 fully saturated rings. The molecule has 0 amide bonds. The van der Waals surface area contributed by atoms with Gasteiger partial charge in [-0.25, -0.2) is 4.39 Å². The highest BCUT2D eigenvalue weighted by Crippen LogP contribution is 2.59. The van der Waals surface area contributed by atoms with Crippen molar-refractivity contribution in [1.29, 1.82) is 0 Å². The summed E-state index contributed by atoms with van der Waals surface area (Å²) in [5.74, 6) is -0.293. The number of ether oxygens (including phenoxy) is 1. The lowest BCUT2D eigenvalue weighted by molar-refractivity contribution is -0.115. The molecule has 2 aliphatic rings. The van der Waals surface area contributed by atoms with Crippen molar-refractivity contribution in [2.75, 3.05) is 7.11 Å². The van der Waals surface area contributed by atoms with Crippen molar-refractivity contribution < 1.29 is 13.9 Å². The number of unbranched alkanes of at least 4 members (excludes halogenated alkanes) is 1. The molecule has 0 saturated carbocycles. The highest BCUT2D eigenvalue weighted by Gasteiger charge is 2.47. The van der Waals surface area contributed by atoms with Crippen LogP contribution >= 0.6 is 27.5 Å². The highest BCUT2D eigenvalue weighted by molar-refractivity contribution is 9.12. The average molecular weight is 402 g/mol. The van der Waals surface area contributed by atoms with Gasteiger partial charge in [-0.1, -0.05) is 31.4 Å². The molecule has 1 atom stereocenters. The van der Waals surface area contributed by atoms with Gasteiger partial charge in [0, 0.05) is 11.8 Å². The van der Waals surface area contributed by atoms with Crippen LogP contribution in [0.25, 0.3) is 5.57 Å². The van der Waals surface area contributed by atoms with E-state index in [1.54, 1.807) is 0 Å². The molecule has 5 heteroatoms. The molecular weight excluding hydrogens is 383 g/mol. The largest absolute Gasteiger partial charge is 0.492 e. The van der Waals surface area contributed by atoms with E-state index in [1.807, 2.05) is 0 Å². The van der Waals surface area contributed by atoms with Crippen LogP contribution in [0.4, 0.5) is 4.39 Å². The molecule has 23 heavy (non-hydrogen) atoms. The Kier molecular flexibility index (Phi) is 4.58. The minimum absolute atomic E-state index is 0.0901. The molecule has 1 aromatic carbocycles. The fraction of sp³-hybridized carbons (Fsp3) is 0.500. The lowest BCUT2D eigenvalue weighted by Gasteiger charge is -2.35. The molecule has 0 aliphatic heterocycles. The van der Waals surface area contributed by atoms with E-state index in [2.05, 4.69) is 22.9 Å². The number of hydrogen-bond donors (Lipinski definition) is 0. The maximum atomic E-state index is 14.3. The Morgan fingerprint density at radius 3 is 2.87 bits per heavy atom. The van der Waals surface area contributed by atoms with Gasteiger partial charge in [0.15, 0.2) is 17.3 Å². The predicted molar refractivity (Wildman–Crippen MR) is 93.7 cm³/mol. The number of Topliss-reactive ketones (excluding diaryl/α,β-unsaturated/α-hetero) is 1. The number of halogens is 3. The van der Waals surface area contributed by atoms with E-state index in [4.69, 9.17) is 16.3 Å². The third kappa shape index (κ3) is 2.54. The van der Waals surface area contributed by atoms with E-state index in [9.17, 15) is 9.18 Å². The molecule has 1 unspecified atom stereocenters. The topological polar surface area (TPSA) is 26.3 Å². The second-order valence-electron chi connectivity index (χ2n) is 6.40. The number of fused-ring (bicyclic) bond motifs is 3. The van der Waals surface area contributed by atoms with Crippen LogP contribution in [-0.2, 0) is 11.2 Å². The van der Waals surface area contributed by atoms with Crippen molar-refractivity contribution in [3.8, 4) is 5.75 Å². The van der Waals surface area contributed by atoms with E-state index in [-0.39, 0.29) is 16.9 Å². The van der Waals surface area contributed by atoms with Gasteiger partial charge in [-0.15, -0.1) is 0 Å². The Labute approximate surface area is 149 Å². The summed E-state index contributed by atoms with van der Waals surface area (Å²) in [5, 5.41) is 0.341. The monoisotopic (exact) mass is 400 g/mol. The fourth-order valence-corrected chi connectivity index (χ4v) is 5.12. The molecular formula is C18H19BrClFO2. The normalized spacial score (nSPS) is 23.1. The lowest BCUT2D eigenvalue weighted by atomic mass is 9.69. The third-order valence-corrected chi connectivity index (χ3v) is 6.34. The quantitative estimate of drug-likeness (QED) is 0.648. The van der Waals surface area contributed by atoms with Crippen LogP contribution in [0.15, 0.2) is 10.5 Å². The number of carbonyl (C=O) groups excluding carboxylic acids is 1. The summed E-state index contributed by atoms with van der Waals surface area (Å²) in [4.78, 5) is 12.2. The zero-order valence-electron chi connectivity index (χ0n) is 13.3. The van der Waals surface area contributed by atoms with Crippen LogP contribution in [0.2, 0.25) is 5.02 Å². The van der Waals surface area contributed by atoms with Gasteiger partial charge in [0.2, 0.25) is 0 Å².